The summed E-state index contributed by atoms with van der Waals surface area (Å²) in [6.45, 7) is 2.01. The number of hydrogen-bond acceptors (Lipinski definition) is 5. The Kier molecular flexibility index (Phi) is 5.53. The van der Waals surface area contributed by atoms with E-state index in [4.69, 9.17) is 4.74 Å². The predicted octanol–water partition coefficient (Wildman–Crippen LogP) is 5.25. The van der Waals surface area contributed by atoms with Crippen LogP contribution in [0.2, 0.25) is 0 Å². The lowest BCUT2D eigenvalue weighted by Crippen LogP contribution is -2.13. The number of aryl methyl sites for hydroxylation is 1. The third-order valence-corrected chi connectivity index (χ3v) is 5.82. The third kappa shape index (κ3) is 4.27. The molecule has 6 heteroatoms. The maximum atomic E-state index is 12.5. The van der Waals surface area contributed by atoms with Crippen molar-refractivity contribution in [2.24, 2.45) is 0 Å². The van der Waals surface area contributed by atoms with Gasteiger partial charge in [-0.3, -0.25) is 4.79 Å². The second-order valence-electron chi connectivity index (χ2n) is 6.72. The summed E-state index contributed by atoms with van der Waals surface area (Å²) in [6, 6.07) is 17.5. The highest BCUT2D eigenvalue weighted by molar-refractivity contribution is 7.21. The number of ether oxygens (including phenoxy) is 1. The molecule has 0 aliphatic heterocycles. The normalized spacial score (nSPS) is 10.8. The summed E-state index contributed by atoms with van der Waals surface area (Å²) in [5.74, 6) is 0.808. The van der Waals surface area contributed by atoms with Crippen LogP contribution < -0.4 is 10.1 Å². The number of benzene rings is 2. The first-order chi connectivity index (χ1) is 14.1. The van der Waals surface area contributed by atoms with Crippen molar-refractivity contribution >= 4 is 33.3 Å². The number of pyridine rings is 1. The molecule has 0 saturated carbocycles. The van der Waals surface area contributed by atoms with E-state index in [2.05, 4.69) is 15.3 Å². The summed E-state index contributed by atoms with van der Waals surface area (Å²) in [5, 5.41) is 3.95. The molecule has 2 aromatic heterocycles. The number of carbonyl (C=O) groups excluding carboxylic acids is 1. The Bertz CT molecular complexity index is 1120. The van der Waals surface area contributed by atoms with Crippen molar-refractivity contribution in [2.45, 2.75) is 19.8 Å². The molecule has 0 aliphatic rings. The lowest BCUT2D eigenvalue weighted by molar-refractivity contribution is -0.116. The van der Waals surface area contributed by atoms with Gasteiger partial charge in [-0.15, -0.1) is 0 Å². The average molecular weight is 404 g/mol. The number of amides is 1. The van der Waals surface area contributed by atoms with Gasteiger partial charge in [-0.1, -0.05) is 35.6 Å². The summed E-state index contributed by atoms with van der Waals surface area (Å²) >= 11 is 1.56. The molecule has 4 aromatic rings. The van der Waals surface area contributed by atoms with Crippen molar-refractivity contribution in [3.05, 3.63) is 71.9 Å². The van der Waals surface area contributed by atoms with Gasteiger partial charge in [0.05, 0.1) is 7.11 Å². The van der Waals surface area contributed by atoms with Gasteiger partial charge in [0, 0.05) is 23.9 Å². The fraction of sp³-hybridized carbons (Fsp3) is 0.174. The number of methoxy groups -OCH3 is 1. The fourth-order valence-electron chi connectivity index (χ4n) is 3.15. The zero-order valence-corrected chi connectivity index (χ0v) is 17.1. The average Bonchev–Trinajstić information content (AvgIpc) is 3.18. The number of anilines is 1. The molecule has 0 saturated heterocycles. The number of fused-ring (bicyclic) bond motifs is 1. The van der Waals surface area contributed by atoms with Crippen LogP contribution in [-0.4, -0.2) is 23.0 Å². The maximum Gasteiger partial charge on any atom is 0.224 e. The van der Waals surface area contributed by atoms with E-state index in [-0.39, 0.29) is 5.91 Å². The van der Waals surface area contributed by atoms with Crippen LogP contribution in [-0.2, 0) is 11.2 Å². The van der Waals surface area contributed by atoms with Crippen molar-refractivity contribution in [1.29, 1.82) is 0 Å². The Labute approximate surface area is 173 Å². The van der Waals surface area contributed by atoms with Crippen LogP contribution in [0.4, 0.5) is 5.69 Å². The van der Waals surface area contributed by atoms with E-state index in [0.29, 0.717) is 12.8 Å². The Morgan fingerprint density at radius 1 is 1.10 bits per heavy atom. The molecule has 2 aromatic carbocycles. The molecule has 0 spiro atoms. The van der Waals surface area contributed by atoms with Gasteiger partial charge in [-0.05, 0) is 54.8 Å². The molecule has 5 nitrogen and oxygen atoms in total. The third-order valence-electron chi connectivity index (χ3n) is 4.80. The molecule has 4 rings (SSSR count). The number of hydrogen-bond donors (Lipinski definition) is 1. The number of carbonyl (C=O) groups is 1. The minimum absolute atomic E-state index is 0.00738. The Morgan fingerprint density at radius 3 is 2.69 bits per heavy atom. The SMILES string of the molecule is COc1ccc(CCC(=O)Nc2cccc(-c3nc4cccnc4s3)c2C)cc1. The molecule has 0 fully saturated rings. The van der Waals surface area contributed by atoms with Gasteiger partial charge < -0.3 is 10.1 Å². The highest BCUT2D eigenvalue weighted by Gasteiger charge is 2.13. The van der Waals surface area contributed by atoms with E-state index >= 15 is 0 Å². The van der Waals surface area contributed by atoms with Crippen molar-refractivity contribution in [3.63, 3.8) is 0 Å². The summed E-state index contributed by atoms with van der Waals surface area (Å²) in [5.41, 5.74) is 4.83. The lowest BCUT2D eigenvalue weighted by atomic mass is 10.1. The number of thiazole rings is 1. The highest BCUT2D eigenvalue weighted by atomic mass is 32.1. The molecular formula is C23H21N3O2S. The summed E-state index contributed by atoms with van der Waals surface area (Å²) in [7, 11) is 1.64. The number of nitrogens with zero attached hydrogens (tertiary/aromatic N) is 2. The van der Waals surface area contributed by atoms with E-state index in [0.717, 1.165) is 43.5 Å². The molecule has 0 unspecified atom stereocenters. The molecule has 1 N–H and O–H groups in total. The van der Waals surface area contributed by atoms with Crippen molar-refractivity contribution in [2.75, 3.05) is 12.4 Å². The first-order valence-electron chi connectivity index (χ1n) is 9.38. The van der Waals surface area contributed by atoms with Gasteiger partial charge in [0.2, 0.25) is 5.91 Å². The Morgan fingerprint density at radius 2 is 1.93 bits per heavy atom. The Hall–Kier alpha value is -3.25. The summed E-state index contributed by atoms with van der Waals surface area (Å²) < 4.78 is 5.17. The van der Waals surface area contributed by atoms with Gasteiger partial charge in [-0.2, -0.15) is 0 Å². The van der Waals surface area contributed by atoms with Gasteiger partial charge >= 0.3 is 0 Å². The second kappa shape index (κ2) is 8.41. The standard InChI is InChI=1S/C23H21N3O2S/c1-15-18(22-26-20-7-4-14-24-23(20)29-22)5-3-6-19(15)25-21(27)13-10-16-8-11-17(28-2)12-9-16/h3-9,11-12,14H,10,13H2,1-2H3,(H,25,27). The summed E-state index contributed by atoms with van der Waals surface area (Å²) in [4.78, 5) is 22.5. The molecule has 1 amide bonds. The largest absolute Gasteiger partial charge is 0.497 e. The quantitative estimate of drug-likeness (QED) is 0.478. The van der Waals surface area contributed by atoms with Gasteiger partial charge in [-0.25, -0.2) is 9.97 Å². The minimum atomic E-state index is -0.00738. The topological polar surface area (TPSA) is 64.1 Å². The van der Waals surface area contributed by atoms with Crippen LogP contribution in [0.25, 0.3) is 20.9 Å². The monoisotopic (exact) mass is 403 g/mol. The van der Waals surface area contributed by atoms with Crippen LogP contribution in [0.1, 0.15) is 17.5 Å². The van der Waals surface area contributed by atoms with Crippen molar-refractivity contribution < 1.29 is 9.53 Å². The number of nitrogens with one attached hydrogen (secondary N) is 1. The van der Waals surface area contributed by atoms with Crippen molar-refractivity contribution in [3.8, 4) is 16.3 Å². The maximum absolute atomic E-state index is 12.5. The van der Waals surface area contributed by atoms with Gasteiger partial charge in [0.25, 0.3) is 0 Å². The molecule has 0 radical (unpaired) electrons. The van der Waals surface area contributed by atoms with E-state index in [9.17, 15) is 4.79 Å². The fourth-order valence-corrected chi connectivity index (χ4v) is 4.14. The van der Waals surface area contributed by atoms with E-state index in [1.807, 2.05) is 61.5 Å². The molecule has 29 heavy (non-hydrogen) atoms. The van der Waals surface area contributed by atoms with Gasteiger partial charge in [0.15, 0.2) is 0 Å². The number of rotatable bonds is 6. The smallest absolute Gasteiger partial charge is 0.224 e. The van der Waals surface area contributed by atoms with E-state index in [1.54, 1.807) is 24.6 Å². The van der Waals surface area contributed by atoms with Crippen molar-refractivity contribution in [1.82, 2.24) is 9.97 Å². The first kappa shape index (κ1) is 19.1. The van der Waals surface area contributed by atoms with Crippen LogP contribution in [0.15, 0.2) is 60.8 Å². The number of aromatic nitrogens is 2. The lowest BCUT2D eigenvalue weighted by Gasteiger charge is -2.11. The molecule has 146 valence electrons. The van der Waals surface area contributed by atoms with Crippen LogP contribution in [0, 0.1) is 6.92 Å². The molecule has 2 heterocycles. The van der Waals surface area contributed by atoms with Crippen LogP contribution in [0.5, 0.6) is 5.75 Å². The van der Waals surface area contributed by atoms with Gasteiger partial charge in [0.1, 0.15) is 21.1 Å². The second-order valence-corrected chi connectivity index (χ2v) is 7.70. The van der Waals surface area contributed by atoms with E-state index < -0.39 is 0 Å². The first-order valence-corrected chi connectivity index (χ1v) is 10.2. The highest BCUT2D eigenvalue weighted by Crippen LogP contribution is 2.33. The Balaban J connectivity index is 1.47. The summed E-state index contributed by atoms with van der Waals surface area (Å²) in [6.07, 6.45) is 2.87. The molecule has 0 bridgehead atoms. The van der Waals surface area contributed by atoms with E-state index in [1.165, 1.54) is 0 Å². The van der Waals surface area contributed by atoms with Crippen LogP contribution in [0.3, 0.4) is 0 Å². The minimum Gasteiger partial charge on any atom is -0.497 e. The zero-order chi connectivity index (χ0) is 20.2. The molecule has 0 aliphatic carbocycles. The zero-order valence-electron chi connectivity index (χ0n) is 16.3. The van der Waals surface area contributed by atoms with Crippen LogP contribution >= 0.6 is 11.3 Å². The molecular weight excluding hydrogens is 382 g/mol. The predicted molar refractivity (Wildman–Crippen MR) is 118 cm³/mol. The molecule has 0 atom stereocenters.